The van der Waals surface area contributed by atoms with E-state index in [1.807, 2.05) is 11.3 Å². The fraction of sp³-hybridized carbons (Fsp3) is 0.312. The van der Waals surface area contributed by atoms with E-state index >= 15 is 0 Å². The highest BCUT2D eigenvalue weighted by Crippen LogP contribution is 2.21. The highest BCUT2D eigenvalue weighted by Gasteiger charge is 2.15. The molecule has 0 fully saturated rings. The summed E-state index contributed by atoms with van der Waals surface area (Å²) >= 11 is 1.84. The lowest BCUT2D eigenvalue weighted by Crippen LogP contribution is -2.68. The van der Waals surface area contributed by atoms with Crippen molar-refractivity contribution >= 4 is 27.6 Å². The van der Waals surface area contributed by atoms with Gasteiger partial charge in [-0.15, -0.1) is 10.2 Å². The first-order valence-electron chi connectivity index (χ1n) is 7.19. The molecule has 0 N–H and O–H groups in total. The van der Waals surface area contributed by atoms with Crippen LogP contribution in [0.5, 0.6) is 0 Å². The van der Waals surface area contributed by atoms with Crippen LogP contribution in [0.3, 0.4) is 0 Å². The third-order valence-electron chi connectivity index (χ3n) is 3.23. The molecule has 0 saturated heterocycles. The summed E-state index contributed by atoms with van der Waals surface area (Å²) in [5.41, 5.74) is 2.57. The van der Waals surface area contributed by atoms with Crippen molar-refractivity contribution in [3.05, 3.63) is 47.1 Å². The average molecular weight is 373 g/mol. The molecule has 0 aliphatic heterocycles. The number of halogens is 1. The predicted octanol–water partition coefficient (Wildman–Crippen LogP) is -1.07. The third kappa shape index (κ3) is 6.96. The van der Waals surface area contributed by atoms with Gasteiger partial charge in [-0.3, -0.25) is 0 Å². The van der Waals surface area contributed by atoms with Crippen molar-refractivity contribution in [2.45, 2.75) is 20.4 Å². The summed E-state index contributed by atoms with van der Waals surface area (Å²) in [6.07, 6.45) is 6.47. The Balaban J connectivity index is 0.000000505. The van der Waals surface area contributed by atoms with Gasteiger partial charge < -0.3 is 4.90 Å². The van der Waals surface area contributed by atoms with Gasteiger partial charge in [-0.1, -0.05) is 29.5 Å². The molecule has 2 rings (SSSR count). The molecule has 0 spiro atoms. The van der Waals surface area contributed by atoms with Gasteiger partial charge in [0.25, 0.3) is 5.01 Å². The predicted molar refractivity (Wildman–Crippen MR) is 84.2 cm³/mol. The van der Waals surface area contributed by atoms with Gasteiger partial charge in [0.1, 0.15) is 11.2 Å². The number of hydrogen-bond donors (Lipinski definition) is 0. The fourth-order valence-corrected chi connectivity index (χ4v) is 3.06. The second kappa shape index (κ2) is 9.12. The maximum Gasteiger partial charge on any atom is 0.262 e. The van der Waals surface area contributed by atoms with E-state index in [1.54, 1.807) is 0 Å². The lowest BCUT2D eigenvalue weighted by atomic mass is 10.3. The molecular weight excluding hydrogens is 352 g/mol. The minimum Gasteiger partial charge on any atom is -0.381 e. The molecule has 8 heteroatoms. The molecule has 0 radical (unpaired) electrons. The average Bonchev–Trinajstić information content (AvgIpc) is 2.82. The van der Waals surface area contributed by atoms with E-state index in [1.165, 1.54) is 20.9 Å². The summed E-state index contributed by atoms with van der Waals surface area (Å²) in [7, 11) is -0.823. The molecule has 0 aliphatic carbocycles. The summed E-state index contributed by atoms with van der Waals surface area (Å²) in [6.45, 7) is 5.31. The van der Waals surface area contributed by atoms with Crippen LogP contribution in [0, 0.1) is 10.2 Å². The summed E-state index contributed by atoms with van der Waals surface area (Å²) in [6, 6.07) is 8.57. The molecule has 0 unspecified atom stereocenters. The number of nitrogens with zero attached hydrogens (tertiary/aromatic N) is 2. The summed E-state index contributed by atoms with van der Waals surface area (Å²) in [4.78, 5) is 2.11. The molecular formula is C16H21ClN2O4S. The van der Waals surface area contributed by atoms with Crippen molar-refractivity contribution in [3.8, 4) is 0 Å². The van der Waals surface area contributed by atoms with Crippen molar-refractivity contribution in [2.24, 2.45) is 0 Å². The summed E-state index contributed by atoms with van der Waals surface area (Å²) in [5.74, 6) is 0. The maximum absolute atomic E-state index is 8.49. The molecule has 0 atom stereocenters. The van der Waals surface area contributed by atoms with Gasteiger partial charge in [-0.05, 0) is 26.0 Å². The maximum atomic E-state index is 8.49. The summed E-state index contributed by atoms with van der Waals surface area (Å²) in [5, 5.41) is 1.30. The largest absolute Gasteiger partial charge is 0.381 e. The van der Waals surface area contributed by atoms with E-state index in [9.17, 15) is 0 Å². The SMILES string of the molecule is CC[n+]1c(C=CC=C(C)N(C)C)sc2ccccc21.[O-][Cl+3]([O-])([O-])[O-]. The third-order valence-corrected chi connectivity index (χ3v) is 4.37. The molecule has 1 heterocycles. The molecule has 0 aliphatic rings. The highest BCUT2D eigenvalue weighted by atomic mass is 35.7. The second-order valence-corrected chi connectivity index (χ2v) is 6.91. The van der Waals surface area contributed by atoms with Gasteiger partial charge in [0.05, 0.1) is 0 Å². The Morgan fingerprint density at radius 2 is 1.79 bits per heavy atom. The lowest BCUT2D eigenvalue weighted by Gasteiger charge is -2.17. The Bertz CT molecular complexity index is 714. The van der Waals surface area contributed by atoms with Gasteiger partial charge in [0.15, 0.2) is 0 Å². The van der Waals surface area contributed by atoms with Gasteiger partial charge in [-0.2, -0.15) is 4.57 Å². The molecule has 0 bridgehead atoms. The Kier molecular flexibility index (Phi) is 7.82. The highest BCUT2D eigenvalue weighted by molar-refractivity contribution is 7.18. The van der Waals surface area contributed by atoms with Crippen LogP contribution < -0.4 is 23.2 Å². The normalized spacial score (nSPS) is 12.4. The monoisotopic (exact) mass is 372 g/mol. The standard InChI is InChI=1S/C16H21N2S.ClHO4/c1-5-18-14-10-6-7-11-15(14)19-16(18)12-8-9-13(2)17(3)4;2-1(3,4)5/h6-12H,5H2,1-4H3;(H,2,3,4,5)/q+1;/p-1. The first kappa shape index (κ1) is 20.6. The molecule has 0 amide bonds. The molecule has 132 valence electrons. The quantitative estimate of drug-likeness (QED) is 0.502. The Morgan fingerprint density at radius 1 is 1.21 bits per heavy atom. The van der Waals surface area contributed by atoms with E-state index in [0.29, 0.717) is 0 Å². The Hall–Kier alpha value is -1.48. The van der Waals surface area contributed by atoms with Crippen LogP contribution in [0.15, 0.2) is 42.1 Å². The topological polar surface area (TPSA) is 99.4 Å². The van der Waals surface area contributed by atoms with Crippen LogP contribution in [0.1, 0.15) is 18.9 Å². The summed E-state index contributed by atoms with van der Waals surface area (Å²) < 4.78 is 37.7. The van der Waals surface area contributed by atoms with E-state index in [0.717, 1.165) is 6.54 Å². The number of hydrogen-bond acceptors (Lipinski definition) is 6. The van der Waals surface area contributed by atoms with E-state index in [2.05, 4.69) is 79.9 Å². The van der Waals surface area contributed by atoms with Crippen molar-refractivity contribution in [1.82, 2.24) is 4.90 Å². The van der Waals surface area contributed by atoms with Crippen molar-refractivity contribution in [2.75, 3.05) is 14.1 Å². The zero-order valence-electron chi connectivity index (χ0n) is 14.1. The number of benzene rings is 1. The minimum atomic E-state index is -4.94. The number of aromatic nitrogens is 1. The van der Waals surface area contributed by atoms with E-state index in [4.69, 9.17) is 18.6 Å². The number of allylic oxidation sites excluding steroid dienone is 3. The zero-order valence-corrected chi connectivity index (χ0v) is 15.6. The van der Waals surface area contributed by atoms with Gasteiger partial charge in [0, 0.05) is 31.9 Å². The molecule has 24 heavy (non-hydrogen) atoms. The smallest absolute Gasteiger partial charge is 0.262 e. The van der Waals surface area contributed by atoms with Crippen LogP contribution >= 0.6 is 11.3 Å². The van der Waals surface area contributed by atoms with Crippen molar-refractivity contribution in [3.63, 3.8) is 0 Å². The van der Waals surface area contributed by atoms with Gasteiger partial charge in [-0.25, -0.2) is 18.6 Å². The minimum absolute atomic E-state index is 1.00. The first-order chi connectivity index (χ1) is 11.1. The number of thiazole rings is 1. The number of para-hydroxylation sites is 1. The van der Waals surface area contributed by atoms with Gasteiger partial charge in [0.2, 0.25) is 5.52 Å². The van der Waals surface area contributed by atoms with E-state index < -0.39 is 10.2 Å². The number of fused-ring (bicyclic) bond motifs is 1. The van der Waals surface area contributed by atoms with Crippen LogP contribution in [0.25, 0.3) is 16.3 Å². The second-order valence-electron chi connectivity index (χ2n) is 5.09. The molecule has 1 aromatic carbocycles. The number of rotatable bonds is 4. The first-order valence-corrected chi connectivity index (χ1v) is 9.24. The molecule has 1 aromatic heterocycles. The number of aryl methyl sites for hydroxylation is 1. The van der Waals surface area contributed by atoms with Crippen LogP contribution in [-0.2, 0) is 6.54 Å². The van der Waals surface area contributed by atoms with Gasteiger partial charge >= 0.3 is 0 Å². The Morgan fingerprint density at radius 3 is 2.33 bits per heavy atom. The fourth-order valence-electron chi connectivity index (χ4n) is 1.92. The Labute approximate surface area is 147 Å². The zero-order chi connectivity index (χ0) is 18.3. The van der Waals surface area contributed by atoms with E-state index in [-0.39, 0.29) is 0 Å². The van der Waals surface area contributed by atoms with Crippen LogP contribution in [0.4, 0.5) is 0 Å². The van der Waals surface area contributed by atoms with Crippen LogP contribution in [0.2, 0.25) is 0 Å². The van der Waals surface area contributed by atoms with Crippen molar-refractivity contribution < 1.29 is 33.4 Å². The molecule has 6 nitrogen and oxygen atoms in total. The van der Waals surface area contributed by atoms with Crippen molar-refractivity contribution in [1.29, 1.82) is 0 Å². The lowest BCUT2D eigenvalue weighted by molar-refractivity contribution is -2.00. The van der Waals surface area contributed by atoms with Crippen LogP contribution in [-0.4, -0.2) is 19.0 Å². The molecule has 0 saturated carbocycles. The molecule has 2 aromatic rings.